The number of amides is 6. The Kier molecular flexibility index (Phi) is 15.2. The van der Waals surface area contributed by atoms with E-state index in [4.69, 9.17) is 0 Å². The van der Waals surface area contributed by atoms with Gasteiger partial charge >= 0.3 is 5.97 Å². The molecule has 2 heterocycles. The first-order chi connectivity index (χ1) is 25.1. The lowest BCUT2D eigenvalue weighted by Crippen LogP contribution is -2.57. The fourth-order valence-corrected chi connectivity index (χ4v) is 6.19. The summed E-state index contributed by atoms with van der Waals surface area (Å²) in [7, 11) is 0. The van der Waals surface area contributed by atoms with Crippen molar-refractivity contribution in [3.8, 4) is 0 Å². The Hall–Kier alpha value is -5.67. The molecule has 1 aromatic carbocycles. The van der Waals surface area contributed by atoms with E-state index < -0.39 is 65.6 Å². The van der Waals surface area contributed by atoms with Gasteiger partial charge in [-0.05, 0) is 37.2 Å². The molecular weight excluding hydrogens is 672 g/mol. The van der Waals surface area contributed by atoms with Crippen LogP contribution in [0.15, 0.2) is 61.1 Å². The Morgan fingerprint density at radius 3 is 2.17 bits per heavy atom. The van der Waals surface area contributed by atoms with E-state index >= 15 is 0 Å². The van der Waals surface area contributed by atoms with Crippen LogP contribution < -0.4 is 31.9 Å². The van der Waals surface area contributed by atoms with Crippen LogP contribution in [0.5, 0.6) is 0 Å². The lowest BCUT2D eigenvalue weighted by atomic mass is 9.84. The maximum Gasteiger partial charge on any atom is 0.326 e. The van der Waals surface area contributed by atoms with Gasteiger partial charge in [-0.2, -0.15) is 0 Å². The summed E-state index contributed by atoms with van der Waals surface area (Å²) in [5, 5.41) is 25.5. The molecule has 2 aromatic rings. The number of carboxylic acids is 1. The number of rotatable bonds is 10. The third kappa shape index (κ3) is 12.9. The molecule has 278 valence electrons. The molecule has 1 saturated carbocycles. The second-order valence-corrected chi connectivity index (χ2v) is 12.9. The number of benzene rings is 1. The third-order valence-corrected chi connectivity index (χ3v) is 8.96. The lowest BCUT2D eigenvalue weighted by Gasteiger charge is -2.28. The SMILES string of the molecule is O=C1/C=C\C(=O)N[C@@H](CC2CCCCC2)C(=O)N[C@@H](Cc2ccccc2)C(=O)N[C@@H](CCCNC(=O)c2cnccn2)C(=O)NCC[C@@H](C(=O)O)N1. The number of carboxylic acid groups (broad SMARTS) is 1. The number of nitrogens with one attached hydrogen (secondary N) is 6. The van der Waals surface area contributed by atoms with Crippen LogP contribution in [-0.2, 0) is 35.2 Å². The molecule has 1 aliphatic heterocycles. The molecule has 0 saturated heterocycles. The van der Waals surface area contributed by atoms with Crippen LogP contribution in [0.4, 0.5) is 0 Å². The Labute approximate surface area is 301 Å². The van der Waals surface area contributed by atoms with E-state index in [0.717, 1.165) is 49.8 Å². The molecule has 0 spiro atoms. The van der Waals surface area contributed by atoms with Gasteiger partial charge in [0.2, 0.25) is 29.5 Å². The van der Waals surface area contributed by atoms with Crippen LogP contribution in [0.2, 0.25) is 0 Å². The summed E-state index contributed by atoms with van der Waals surface area (Å²) in [5.41, 5.74) is 0.845. The molecule has 16 heteroatoms. The topological polar surface area (TPSA) is 238 Å². The van der Waals surface area contributed by atoms with Gasteiger partial charge in [0.15, 0.2) is 0 Å². The fourth-order valence-electron chi connectivity index (χ4n) is 6.19. The quantitative estimate of drug-likeness (QED) is 0.166. The van der Waals surface area contributed by atoms with Crippen LogP contribution >= 0.6 is 0 Å². The molecule has 2 aliphatic rings. The second kappa shape index (κ2) is 20.2. The van der Waals surface area contributed by atoms with Crippen molar-refractivity contribution < 1.29 is 38.7 Å². The van der Waals surface area contributed by atoms with Gasteiger partial charge in [0.05, 0.1) is 6.20 Å². The zero-order chi connectivity index (χ0) is 37.3. The van der Waals surface area contributed by atoms with Crippen molar-refractivity contribution in [2.24, 2.45) is 5.92 Å². The number of aromatic nitrogens is 2. The molecule has 0 bridgehead atoms. The van der Waals surface area contributed by atoms with Crippen LogP contribution in [-0.4, -0.2) is 93.7 Å². The average Bonchev–Trinajstić information content (AvgIpc) is 3.14. The molecule has 7 N–H and O–H groups in total. The van der Waals surface area contributed by atoms with Crippen molar-refractivity contribution in [3.05, 3.63) is 72.3 Å². The summed E-state index contributed by atoms with van der Waals surface area (Å²) >= 11 is 0. The molecule has 1 aromatic heterocycles. The first-order valence-corrected chi connectivity index (χ1v) is 17.6. The molecular formula is C36H46N8O8. The summed E-state index contributed by atoms with van der Waals surface area (Å²) < 4.78 is 0. The first-order valence-electron chi connectivity index (χ1n) is 17.6. The van der Waals surface area contributed by atoms with E-state index in [1.165, 1.54) is 18.6 Å². The normalized spacial score (nSPS) is 23.3. The predicted molar refractivity (Wildman–Crippen MR) is 187 cm³/mol. The van der Waals surface area contributed by atoms with Crippen molar-refractivity contribution in [2.45, 2.75) is 88.4 Å². The number of carbonyl (C=O) groups excluding carboxylic acids is 6. The Morgan fingerprint density at radius 1 is 0.788 bits per heavy atom. The number of nitrogens with zero attached hydrogens (tertiary/aromatic N) is 2. The number of hydrogen-bond acceptors (Lipinski definition) is 9. The molecule has 4 rings (SSSR count). The number of aliphatic carboxylic acids is 1. The summed E-state index contributed by atoms with van der Waals surface area (Å²) in [5.74, 6) is -5.14. The standard InChI is InChI=1S/C36H46N8O8/c45-30-13-14-31(46)42-27(20-23-8-3-1-4-9-23)34(49)44-28(21-24-10-5-2-6-11-24)35(50)43-25(32(47)40-17-15-26(41-30)36(51)52)12-7-16-39-33(48)29-22-37-18-19-38-29/h2,5-6,10-11,13-14,18-19,22-23,25-28H,1,3-4,7-9,12,15-17,20-21H2,(H,39,48)(H,40,47)(H,41,45)(H,42,46)(H,43,50)(H,44,49)(H,51,52)/b14-13-/t25-,26-,27-,28-/m0/s1. The second-order valence-electron chi connectivity index (χ2n) is 12.9. The molecule has 6 amide bonds. The minimum Gasteiger partial charge on any atom is -0.480 e. The highest BCUT2D eigenvalue weighted by atomic mass is 16.4. The van der Waals surface area contributed by atoms with Crippen molar-refractivity contribution in [3.63, 3.8) is 0 Å². The van der Waals surface area contributed by atoms with E-state index in [-0.39, 0.29) is 50.4 Å². The highest BCUT2D eigenvalue weighted by Crippen LogP contribution is 2.27. The average molecular weight is 719 g/mol. The van der Waals surface area contributed by atoms with Crippen LogP contribution in [0.1, 0.15) is 73.8 Å². The van der Waals surface area contributed by atoms with E-state index in [9.17, 15) is 38.7 Å². The van der Waals surface area contributed by atoms with Gasteiger partial charge in [0, 0.05) is 44.1 Å². The largest absolute Gasteiger partial charge is 0.480 e. The fraction of sp³-hybridized carbons (Fsp3) is 0.472. The maximum absolute atomic E-state index is 14.0. The first kappa shape index (κ1) is 39.1. The van der Waals surface area contributed by atoms with E-state index in [1.54, 1.807) is 24.3 Å². The molecule has 0 unspecified atom stereocenters. The van der Waals surface area contributed by atoms with E-state index in [2.05, 4.69) is 41.9 Å². The van der Waals surface area contributed by atoms with Crippen LogP contribution in [0.3, 0.4) is 0 Å². The predicted octanol–water partition coefficient (Wildman–Crippen LogP) is 0.300. The minimum atomic E-state index is -1.40. The number of hydrogen-bond donors (Lipinski definition) is 7. The Bertz CT molecular complexity index is 1580. The van der Waals surface area contributed by atoms with E-state index in [0.29, 0.717) is 6.42 Å². The molecule has 52 heavy (non-hydrogen) atoms. The monoisotopic (exact) mass is 718 g/mol. The molecule has 0 radical (unpaired) electrons. The highest BCUT2D eigenvalue weighted by Gasteiger charge is 2.32. The summed E-state index contributed by atoms with van der Waals surface area (Å²) in [6.45, 7) is -0.0501. The van der Waals surface area contributed by atoms with Gasteiger partial charge in [-0.15, -0.1) is 0 Å². The van der Waals surface area contributed by atoms with Crippen molar-refractivity contribution in [2.75, 3.05) is 13.1 Å². The summed E-state index contributed by atoms with van der Waals surface area (Å²) in [6.07, 6.45) is 11.2. The molecule has 1 fully saturated rings. The van der Waals surface area contributed by atoms with Crippen molar-refractivity contribution in [1.82, 2.24) is 41.9 Å². The summed E-state index contributed by atoms with van der Waals surface area (Å²) in [6, 6.07) is 4.25. The molecule has 1 aliphatic carbocycles. The van der Waals surface area contributed by atoms with Gasteiger partial charge in [0.1, 0.15) is 29.9 Å². The third-order valence-electron chi connectivity index (χ3n) is 8.96. The van der Waals surface area contributed by atoms with Gasteiger partial charge in [-0.3, -0.25) is 33.8 Å². The van der Waals surface area contributed by atoms with Crippen LogP contribution in [0, 0.1) is 5.92 Å². The zero-order valence-electron chi connectivity index (χ0n) is 28.8. The Balaban J connectivity index is 1.58. The van der Waals surface area contributed by atoms with Crippen molar-refractivity contribution in [1.29, 1.82) is 0 Å². The van der Waals surface area contributed by atoms with Gasteiger partial charge in [0.25, 0.3) is 5.91 Å². The van der Waals surface area contributed by atoms with Gasteiger partial charge in [-0.25, -0.2) is 9.78 Å². The maximum atomic E-state index is 14.0. The number of carbonyl (C=O) groups is 7. The summed E-state index contributed by atoms with van der Waals surface area (Å²) in [4.78, 5) is 99.0. The lowest BCUT2D eigenvalue weighted by molar-refractivity contribution is -0.141. The molecule has 4 atom stereocenters. The highest BCUT2D eigenvalue weighted by molar-refractivity contribution is 6.00. The minimum absolute atomic E-state index is 0.0641. The van der Waals surface area contributed by atoms with Gasteiger partial charge in [-0.1, -0.05) is 62.4 Å². The zero-order valence-corrected chi connectivity index (χ0v) is 28.8. The molecule has 16 nitrogen and oxygen atoms in total. The van der Waals surface area contributed by atoms with Gasteiger partial charge < -0.3 is 37.0 Å². The van der Waals surface area contributed by atoms with E-state index in [1.807, 2.05) is 6.07 Å². The van der Waals surface area contributed by atoms with Crippen LogP contribution in [0.25, 0.3) is 0 Å². The Morgan fingerprint density at radius 2 is 1.48 bits per heavy atom. The smallest absolute Gasteiger partial charge is 0.326 e. The van der Waals surface area contributed by atoms with Crippen molar-refractivity contribution >= 4 is 41.4 Å².